The summed E-state index contributed by atoms with van der Waals surface area (Å²) in [5.74, 6) is -0.964. The van der Waals surface area contributed by atoms with E-state index in [1.807, 2.05) is 0 Å². The van der Waals surface area contributed by atoms with Gasteiger partial charge in [-0.2, -0.15) is 0 Å². The molecule has 0 aliphatic rings. The standard InChI is InChI=1S/C21H23FN2O5/c1-13(24-20(27)29-21(2,3)4)23-16-8-5-14(6-9-16)19(26)28-17-10-7-15(12-25)18(22)11-17/h5-11,25H,12H2,1-4H3,(H,23,24,27). The molecule has 2 aromatic carbocycles. The summed E-state index contributed by atoms with van der Waals surface area (Å²) in [6.45, 7) is 6.44. The SMILES string of the molecule is CC(=Nc1ccc(C(=O)Oc2ccc(CO)c(F)c2)cc1)NC(=O)OC(C)(C)C. The van der Waals surface area contributed by atoms with E-state index in [1.165, 1.54) is 24.3 Å². The monoisotopic (exact) mass is 402 g/mol. The van der Waals surface area contributed by atoms with Crippen LogP contribution in [0.25, 0.3) is 0 Å². The Hall–Kier alpha value is -3.26. The number of aliphatic imine (C=N–C) groups is 1. The van der Waals surface area contributed by atoms with E-state index in [4.69, 9.17) is 14.6 Å². The second kappa shape index (κ2) is 9.29. The highest BCUT2D eigenvalue weighted by Gasteiger charge is 2.16. The number of benzene rings is 2. The Balaban J connectivity index is 2.01. The lowest BCUT2D eigenvalue weighted by Crippen LogP contribution is -2.35. The van der Waals surface area contributed by atoms with Crippen LogP contribution in [0.2, 0.25) is 0 Å². The van der Waals surface area contributed by atoms with Crippen molar-refractivity contribution in [2.75, 3.05) is 0 Å². The summed E-state index contributed by atoms with van der Waals surface area (Å²) in [5, 5.41) is 11.5. The van der Waals surface area contributed by atoms with Crippen molar-refractivity contribution in [2.45, 2.75) is 39.9 Å². The Morgan fingerprint density at radius 1 is 1.14 bits per heavy atom. The smallest absolute Gasteiger partial charge is 0.413 e. The Morgan fingerprint density at radius 2 is 1.79 bits per heavy atom. The molecule has 0 aliphatic carbocycles. The maximum Gasteiger partial charge on any atom is 0.413 e. The molecule has 0 bridgehead atoms. The van der Waals surface area contributed by atoms with Crippen LogP contribution >= 0.6 is 0 Å². The van der Waals surface area contributed by atoms with Crippen molar-refractivity contribution in [3.05, 3.63) is 59.4 Å². The first-order chi connectivity index (χ1) is 13.6. The zero-order valence-corrected chi connectivity index (χ0v) is 16.7. The zero-order valence-electron chi connectivity index (χ0n) is 16.7. The van der Waals surface area contributed by atoms with Crippen LogP contribution in [-0.4, -0.2) is 28.6 Å². The molecule has 8 heteroatoms. The highest BCUT2D eigenvalue weighted by molar-refractivity contribution is 5.95. The van der Waals surface area contributed by atoms with Crippen molar-refractivity contribution >= 4 is 23.6 Å². The number of ether oxygens (including phenoxy) is 2. The number of amides is 1. The molecule has 1 amide bonds. The molecule has 2 rings (SSSR count). The van der Waals surface area contributed by atoms with Crippen molar-refractivity contribution in [1.82, 2.24) is 5.32 Å². The van der Waals surface area contributed by atoms with E-state index in [0.29, 0.717) is 11.5 Å². The number of rotatable bonds is 4. The second-order valence-corrected chi connectivity index (χ2v) is 7.17. The number of alkyl carbamates (subject to hydrolysis) is 1. The predicted molar refractivity (Wildman–Crippen MR) is 106 cm³/mol. The highest BCUT2D eigenvalue weighted by Crippen LogP contribution is 2.19. The third kappa shape index (κ3) is 7.00. The fourth-order valence-corrected chi connectivity index (χ4v) is 2.23. The molecule has 0 saturated carbocycles. The molecule has 154 valence electrons. The summed E-state index contributed by atoms with van der Waals surface area (Å²) < 4.78 is 23.9. The number of nitrogens with zero attached hydrogens (tertiary/aromatic N) is 1. The van der Waals surface area contributed by atoms with Gasteiger partial charge in [0, 0.05) is 11.6 Å². The van der Waals surface area contributed by atoms with Crippen molar-refractivity contribution in [1.29, 1.82) is 0 Å². The topological polar surface area (TPSA) is 97.2 Å². The summed E-state index contributed by atoms with van der Waals surface area (Å²) in [7, 11) is 0. The molecule has 0 fully saturated rings. The summed E-state index contributed by atoms with van der Waals surface area (Å²) in [6.07, 6.45) is -0.613. The van der Waals surface area contributed by atoms with Gasteiger partial charge in [0.25, 0.3) is 0 Å². The van der Waals surface area contributed by atoms with Crippen LogP contribution in [0.3, 0.4) is 0 Å². The minimum Gasteiger partial charge on any atom is -0.444 e. The number of amidine groups is 1. The molecule has 0 aromatic heterocycles. The second-order valence-electron chi connectivity index (χ2n) is 7.17. The first kappa shape index (κ1) is 22.0. The van der Waals surface area contributed by atoms with E-state index in [1.54, 1.807) is 39.8 Å². The largest absolute Gasteiger partial charge is 0.444 e. The van der Waals surface area contributed by atoms with Crippen LogP contribution in [0, 0.1) is 5.82 Å². The first-order valence-electron chi connectivity index (χ1n) is 8.84. The van der Waals surface area contributed by atoms with Crippen LogP contribution in [0.1, 0.15) is 43.6 Å². The van der Waals surface area contributed by atoms with E-state index in [9.17, 15) is 14.0 Å². The van der Waals surface area contributed by atoms with Crippen LogP contribution in [-0.2, 0) is 11.3 Å². The summed E-state index contributed by atoms with van der Waals surface area (Å²) in [5.41, 5.74) is 0.248. The molecule has 0 radical (unpaired) electrons. The lowest BCUT2D eigenvalue weighted by atomic mass is 10.2. The van der Waals surface area contributed by atoms with Gasteiger partial charge in [0.2, 0.25) is 0 Å². The van der Waals surface area contributed by atoms with Gasteiger partial charge in [-0.3, -0.25) is 5.32 Å². The lowest BCUT2D eigenvalue weighted by molar-refractivity contribution is 0.0562. The van der Waals surface area contributed by atoms with Crippen LogP contribution in [0.4, 0.5) is 14.9 Å². The highest BCUT2D eigenvalue weighted by atomic mass is 19.1. The molecule has 0 saturated heterocycles. The van der Waals surface area contributed by atoms with E-state index in [0.717, 1.165) is 6.07 Å². The summed E-state index contributed by atoms with van der Waals surface area (Å²) in [6, 6.07) is 9.93. The van der Waals surface area contributed by atoms with Crippen molar-refractivity contribution in [2.24, 2.45) is 4.99 Å². The van der Waals surface area contributed by atoms with E-state index in [-0.39, 0.29) is 16.9 Å². The molecule has 2 N–H and O–H groups in total. The van der Waals surface area contributed by atoms with E-state index < -0.39 is 30.1 Å². The van der Waals surface area contributed by atoms with Gasteiger partial charge in [0.15, 0.2) is 0 Å². The fourth-order valence-electron chi connectivity index (χ4n) is 2.23. The third-order valence-electron chi connectivity index (χ3n) is 3.49. The van der Waals surface area contributed by atoms with Gasteiger partial charge in [-0.05, 0) is 58.0 Å². The summed E-state index contributed by atoms with van der Waals surface area (Å²) >= 11 is 0. The minimum absolute atomic E-state index is 0.0317. The molecule has 0 heterocycles. The number of aliphatic hydroxyl groups excluding tert-OH is 1. The fraction of sp³-hybridized carbons (Fsp3) is 0.286. The zero-order chi connectivity index (χ0) is 21.6. The molecular weight excluding hydrogens is 379 g/mol. The number of nitrogens with one attached hydrogen (secondary N) is 1. The quantitative estimate of drug-likeness (QED) is 0.347. The van der Waals surface area contributed by atoms with Gasteiger partial charge in [0.1, 0.15) is 23.0 Å². The van der Waals surface area contributed by atoms with Gasteiger partial charge in [-0.15, -0.1) is 0 Å². The van der Waals surface area contributed by atoms with E-state index >= 15 is 0 Å². The summed E-state index contributed by atoms with van der Waals surface area (Å²) in [4.78, 5) is 28.1. The average molecular weight is 402 g/mol. The average Bonchev–Trinajstić information content (AvgIpc) is 2.60. The number of halogens is 1. The normalized spacial score (nSPS) is 11.7. The minimum atomic E-state index is -0.666. The van der Waals surface area contributed by atoms with Crippen molar-refractivity contribution in [3.63, 3.8) is 0 Å². The van der Waals surface area contributed by atoms with Gasteiger partial charge < -0.3 is 14.6 Å². The van der Waals surface area contributed by atoms with Crippen molar-refractivity contribution in [3.8, 4) is 5.75 Å². The van der Waals surface area contributed by atoms with Gasteiger partial charge in [-0.1, -0.05) is 6.07 Å². The van der Waals surface area contributed by atoms with Gasteiger partial charge in [0.05, 0.1) is 17.9 Å². The van der Waals surface area contributed by atoms with Gasteiger partial charge in [-0.25, -0.2) is 19.0 Å². The molecule has 29 heavy (non-hydrogen) atoms. The number of hydrogen-bond acceptors (Lipinski definition) is 6. The Morgan fingerprint density at radius 3 is 2.34 bits per heavy atom. The number of aliphatic hydroxyl groups is 1. The number of hydrogen-bond donors (Lipinski definition) is 2. The third-order valence-corrected chi connectivity index (χ3v) is 3.49. The molecule has 0 atom stereocenters. The Kier molecular flexibility index (Phi) is 7.06. The Labute approximate surface area is 168 Å². The molecule has 2 aromatic rings. The van der Waals surface area contributed by atoms with Crippen LogP contribution in [0.5, 0.6) is 5.75 Å². The molecule has 7 nitrogen and oxygen atoms in total. The van der Waals surface area contributed by atoms with E-state index in [2.05, 4.69) is 10.3 Å². The molecule has 0 unspecified atom stereocenters. The first-order valence-corrected chi connectivity index (χ1v) is 8.84. The number of carbonyl (C=O) groups is 2. The number of esters is 1. The molecule has 0 spiro atoms. The predicted octanol–water partition coefficient (Wildman–Crippen LogP) is 4.11. The number of carbonyl (C=O) groups excluding carboxylic acids is 2. The van der Waals surface area contributed by atoms with Crippen LogP contribution in [0.15, 0.2) is 47.5 Å². The maximum absolute atomic E-state index is 13.7. The maximum atomic E-state index is 13.7. The Bertz CT molecular complexity index is 918. The van der Waals surface area contributed by atoms with Gasteiger partial charge >= 0.3 is 12.1 Å². The molecule has 0 aliphatic heterocycles. The molecular formula is C21H23FN2O5. The van der Waals surface area contributed by atoms with Crippen molar-refractivity contribution < 1.29 is 28.6 Å². The lowest BCUT2D eigenvalue weighted by Gasteiger charge is -2.19. The van der Waals surface area contributed by atoms with Crippen LogP contribution < -0.4 is 10.1 Å².